The first kappa shape index (κ1) is 19.4. The summed E-state index contributed by atoms with van der Waals surface area (Å²) < 4.78 is 5.55. The number of nitro groups is 1. The van der Waals surface area contributed by atoms with Crippen molar-refractivity contribution in [3.05, 3.63) is 69.5 Å². The highest BCUT2D eigenvalue weighted by molar-refractivity contribution is 6.31. The van der Waals surface area contributed by atoms with Gasteiger partial charge in [0.1, 0.15) is 12.1 Å². The van der Waals surface area contributed by atoms with E-state index in [0.717, 1.165) is 5.56 Å². The monoisotopic (exact) mass is 399 g/mol. The van der Waals surface area contributed by atoms with Crippen molar-refractivity contribution in [1.29, 1.82) is 0 Å². The second kappa shape index (κ2) is 8.53. The first-order valence-electron chi connectivity index (χ1n) is 8.51. The van der Waals surface area contributed by atoms with Gasteiger partial charge in [0.05, 0.1) is 17.2 Å². The van der Waals surface area contributed by atoms with Crippen molar-refractivity contribution < 1.29 is 9.66 Å². The Bertz CT molecular complexity index is 1010. The third-order valence-electron chi connectivity index (χ3n) is 3.88. The average Bonchev–Trinajstić information content (AvgIpc) is 2.66. The van der Waals surface area contributed by atoms with Crippen molar-refractivity contribution in [3.63, 3.8) is 0 Å². The molecule has 3 rings (SSSR count). The van der Waals surface area contributed by atoms with Crippen molar-refractivity contribution in [3.8, 4) is 5.75 Å². The lowest BCUT2D eigenvalue weighted by Gasteiger charge is -2.13. The molecule has 8 nitrogen and oxygen atoms in total. The molecule has 0 aliphatic carbocycles. The van der Waals surface area contributed by atoms with Gasteiger partial charge in [0, 0.05) is 10.7 Å². The Labute approximate surface area is 166 Å². The Morgan fingerprint density at radius 3 is 2.54 bits per heavy atom. The van der Waals surface area contributed by atoms with E-state index in [-0.39, 0.29) is 17.3 Å². The van der Waals surface area contributed by atoms with Crippen molar-refractivity contribution >= 4 is 40.3 Å². The summed E-state index contributed by atoms with van der Waals surface area (Å²) in [5.41, 5.74) is 1.76. The second-order valence-corrected chi connectivity index (χ2v) is 6.23. The van der Waals surface area contributed by atoms with Crippen LogP contribution in [0, 0.1) is 17.0 Å². The number of anilines is 4. The molecule has 0 amide bonds. The number of aryl methyl sites for hydroxylation is 1. The van der Waals surface area contributed by atoms with Crippen LogP contribution in [-0.4, -0.2) is 21.5 Å². The van der Waals surface area contributed by atoms with Crippen LogP contribution in [0.15, 0.2) is 48.8 Å². The van der Waals surface area contributed by atoms with E-state index in [4.69, 9.17) is 16.3 Å². The van der Waals surface area contributed by atoms with Crippen molar-refractivity contribution in [2.45, 2.75) is 13.8 Å². The molecule has 0 spiro atoms. The molecule has 1 heterocycles. The number of aromatic nitrogens is 2. The lowest BCUT2D eigenvalue weighted by Crippen LogP contribution is -2.06. The van der Waals surface area contributed by atoms with Crippen LogP contribution in [0.3, 0.4) is 0 Å². The molecule has 1 aromatic heterocycles. The molecule has 0 bridgehead atoms. The van der Waals surface area contributed by atoms with Gasteiger partial charge in [0.15, 0.2) is 0 Å². The quantitative estimate of drug-likeness (QED) is 0.414. The van der Waals surface area contributed by atoms with E-state index in [0.29, 0.717) is 28.8 Å². The predicted molar refractivity (Wildman–Crippen MR) is 109 cm³/mol. The first-order valence-corrected chi connectivity index (χ1v) is 8.88. The maximum absolute atomic E-state index is 11.7. The largest absolute Gasteiger partial charge is 0.492 e. The van der Waals surface area contributed by atoms with E-state index in [1.807, 2.05) is 26.0 Å². The number of hydrogen-bond donors (Lipinski definition) is 2. The van der Waals surface area contributed by atoms with Crippen LogP contribution in [-0.2, 0) is 0 Å². The summed E-state index contributed by atoms with van der Waals surface area (Å²) in [5.74, 6) is 0.668. The summed E-state index contributed by atoms with van der Waals surface area (Å²) in [7, 11) is 0. The molecular weight excluding hydrogens is 382 g/mol. The van der Waals surface area contributed by atoms with Gasteiger partial charge in [-0.1, -0.05) is 29.8 Å². The summed E-state index contributed by atoms with van der Waals surface area (Å²) in [6.45, 7) is 4.20. The van der Waals surface area contributed by atoms with Gasteiger partial charge < -0.3 is 15.4 Å². The van der Waals surface area contributed by atoms with Crippen LogP contribution in [0.1, 0.15) is 12.5 Å². The molecule has 3 aromatic rings. The highest BCUT2D eigenvalue weighted by Gasteiger charge is 2.24. The van der Waals surface area contributed by atoms with E-state index in [1.54, 1.807) is 30.3 Å². The van der Waals surface area contributed by atoms with Crippen LogP contribution in [0.25, 0.3) is 0 Å². The molecule has 0 radical (unpaired) electrons. The average molecular weight is 400 g/mol. The van der Waals surface area contributed by atoms with Crippen LogP contribution in [0.5, 0.6) is 5.75 Å². The summed E-state index contributed by atoms with van der Waals surface area (Å²) in [6, 6.07) is 12.4. The van der Waals surface area contributed by atoms with E-state index >= 15 is 0 Å². The fourth-order valence-corrected chi connectivity index (χ4v) is 2.70. The SMILES string of the molecule is CCOc1ccccc1Nc1ncnc(Nc2ccc(C)c(Cl)c2)c1[N+](=O)[O-]. The predicted octanol–water partition coefficient (Wildman–Crippen LogP) is 5.23. The van der Waals surface area contributed by atoms with Crippen LogP contribution in [0.2, 0.25) is 5.02 Å². The van der Waals surface area contributed by atoms with Gasteiger partial charge in [0.2, 0.25) is 11.6 Å². The molecule has 0 fully saturated rings. The van der Waals surface area contributed by atoms with E-state index in [2.05, 4.69) is 20.6 Å². The van der Waals surface area contributed by atoms with Gasteiger partial charge in [-0.3, -0.25) is 10.1 Å². The van der Waals surface area contributed by atoms with Crippen molar-refractivity contribution in [1.82, 2.24) is 9.97 Å². The van der Waals surface area contributed by atoms with Gasteiger partial charge >= 0.3 is 5.69 Å². The lowest BCUT2D eigenvalue weighted by atomic mass is 10.2. The summed E-state index contributed by atoms with van der Waals surface area (Å²) >= 11 is 6.14. The topological polar surface area (TPSA) is 102 Å². The van der Waals surface area contributed by atoms with Crippen LogP contribution in [0.4, 0.5) is 28.7 Å². The van der Waals surface area contributed by atoms with E-state index in [1.165, 1.54) is 6.33 Å². The molecule has 0 atom stereocenters. The Morgan fingerprint density at radius 1 is 1.14 bits per heavy atom. The third kappa shape index (κ3) is 4.29. The second-order valence-electron chi connectivity index (χ2n) is 5.82. The summed E-state index contributed by atoms with van der Waals surface area (Å²) in [4.78, 5) is 19.3. The maximum atomic E-state index is 11.7. The zero-order valence-electron chi connectivity index (χ0n) is 15.3. The number of nitrogens with zero attached hydrogens (tertiary/aromatic N) is 3. The standard InChI is InChI=1S/C19H18ClN5O3/c1-3-28-16-7-5-4-6-15(16)24-19-17(25(26)27)18(21-11-22-19)23-13-9-8-12(2)14(20)10-13/h4-11H,3H2,1-2H3,(H2,21,22,23,24). The molecular formula is C19H18ClN5O3. The molecule has 0 aliphatic heterocycles. The molecule has 28 heavy (non-hydrogen) atoms. The highest BCUT2D eigenvalue weighted by atomic mass is 35.5. The van der Waals surface area contributed by atoms with Gasteiger partial charge in [-0.25, -0.2) is 9.97 Å². The Morgan fingerprint density at radius 2 is 1.86 bits per heavy atom. The zero-order chi connectivity index (χ0) is 20.1. The number of para-hydroxylation sites is 2. The first-order chi connectivity index (χ1) is 13.5. The smallest absolute Gasteiger partial charge is 0.353 e. The zero-order valence-corrected chi connectivity index (χ0v) is 16.0. The number of halogens is 1. The fourth-order valence-electron chi connectivity index (χ4n) is 2.52. The summed E-state index contributed by atoms with van der Waals surface area (Å²) in [5, 5.41) is 18.2. The lowest BCUT2D eigenvalue weighted by molar-refractivity contribution is -0.383. The van der Waals surface area contributed by atoms with Crippen LogP contribution < -0.4 is 15.4 Å². The minimum Gasteiger partial charge on any atom is -0.492 e. The van der Waals surface area contributed by atoms with Gasteiger partial charge in [-0.05, 0) is 43.7 Å². The molecule has 0 aliphatic rings. The molecule has 0 unspecified atom stereocenters. The maximum Gasteiger partial charge on any atom is 0.353 e. The number of rotatable bonds is 7. The molecule has 2 aromatic carbocycles. The van der Waals surface area contributed by atoms with Gasteiger partial charge in [-0.15, -0.1) is 0 Å². The minimum atomic E-state index is -0.538. The number of benzene rings is 2. The Balaban J connectivity index is 1.98. The third-order valence-corrected chi connectivity index (χ3v) is 4.29. The minimum absolute atomic E-state index is 0.0489. The molecule has 2 N–H and O–H groups in total. The van der Waals surface area contributed by atoms with E-state index < -0.39 is 4.92 Å². The molecule has 9 heteroatoms. The van der Waals surface area contributed by atoms with Crippen LogP contribution >= 0.6 is 11.6 Å². The number of nitrogens with one attached hydrogen (secondary N) is 2. The van der Waals surface area contributed by atoms with Crippen molar-refractivity contribution in [2.24, 2.45) is 0 Å². The molecule has 0 saturated heterocycles. The molecule has 0 saturated carbocycles. The normalized spacial score (nSPS) is 10.4. The summed E-state index contributed by atoms with van der Waals surface area (Å²) in [6.07, 6.45) is 1.25. The highest BCUT2D eigenvalue weighted by Crippen LogP contribution is 2.35. The Kier molecular flexibility index (Phi) is 5.90. The van der Waals surface area contributed by atoms with E-state index in [9.17, 15) is 10.1 Å². The number of hydrogen-bond acceptors (Lipinski definition) is 7. The Hall–Kier alpha value is -3.39. The fraction of sp³-hybridized carbons (Fsp3) is 0.158. The van der Waals surface area contributed by atoms with Gasteiger partial charge in [0.25, 0.3) is 0 Å². The van der Waals surface area contributed by atoms with Crippen molar-refractivity contribution in [2.75, 3.05) is 17.2 Å². The number of ether oxygens (including phenoxy) is 1. The molecule has 144 valence electrons. The van der Waals surface area contributed by atoms with Gasteiger partial charge in [-0.2, -0.15) is 0 Å².